The molecule has 28 heteroatoms. The van der Waals surface area contributed by atoms with E-state index in [9.17, 15) is 35.9 Å². The van der Waals surface area contributed by atoms with Crippen LogP contribution in [0.4, 0.5) is 58.4 Å². The molecule has 4 aliphatic rings. The van der Waals surface area contributed by atoms with Gasteiger partial charge in [0.15, 0.2) is 11.6 Å². The lowest BCUT2D eigenvalue weighted by Gasteiger charge is -2.40. The number of likely N-dealkylation sites (N-methyl/N-ethyl adjacent to an activating group) is 2. The summed E-state index contributed by atoms with van der Waals surface area (Å²) in [5.74, 6) is -2.52. The zero-order valence-electron chi connectivity index (χ0n) is 47.9. The van der Waals surface area contributed by atoms with Gasteiger partial charge >= 0.3 is 24.4 Å². The van der Waals surface area contributed by atoms with Crippen molar-refractivity contribution in [3.63, 3.8) is 0 Å². The van der Waals surface area contributed by atoms with E-state index in [1.165, 1.54) is 38.1 Å². The Labute approximate surface area is 500 Å². The summed E-state index contributed by atoms with van der Waals surface area (Å²) in [6, 6.07) is 4.18. The van der Waals surface area contributed by atoms with Gasteiger partial charge in [-0.05, 0) is 109 Å². The number of aryl methyl sites for hydroxylation is 2. The molecule has 6 aromatic rings. The molecule has 8 heterocycles. The molecule has 2 amide bonds. The first-order chi connectivity index (χ1) is 40.6. The third kappa shape index (κ3) is 12.8. The van der Waals surface area contributed by atoms with Gasteiger partial charge in [0.2, 0.25) is 11.8 Å². The molecule has 4 aliphatic heterocycles. The Balaban J connectivity index is 0.000000205. The predicted octanol–water partition coefficient (Wildman–Crippen LogP) is 9.99. The number of ether oxygens (including phenoxy) is 2. The van der Waals surface area contributed by atoms with Gasteiger partial charge in [-0.2, -0.15) is 46.3 Å². The second-order valence-electron chi connectivity index (χ2n) is 21.8. The highest BCUT2D eigenvalue weighted by Gasteiger charge is 2.41. The molecule has 0 unspecified atom stereocenters. The minimum absolute atomic E-state index is 0.0505. The number of nitrogens with zero attached hydrogens (tertiary/aromatic N) is 12. The van der Waals surface area contributed by atoms with Crippen LogP contribution in [-0.2, 0) is 21.9 Å². The van der Waals surface area contributed by atoms with E-state index in [0.29, 0.717) is 39.3 Å². The zero-order chi connectivity index (χ0) is 62.4. The summed E-state index contributed by atoms with van der Waals surface area (Å²) < 4.78 is 130. The molecule has 458 valence electrons. The monoisotopic (exact) mass is 1240 g/mol. The lowest BCUT2D eigenvalue weighted by atomic mass is 9.99. The fourth-order valence-corrected chi connectivity index (χ4v) is 12.1. The Hall–Kier alpha value is -7.55. The molecule has 4 atom stereocenters. The van der Waals surface area contributed by atoms with Crippen LogP contribution in [0.3, 0.4) is 0 Å². The number of likely N-dealkylation sites (tertiary alicyclic amines) is 2. The van der Waals surface area contributed by atoms with Gasteiger partial charge in [0.05, 0.1) is 56.1 Å². The number of hydrogen-bond donors (Lipinski definition) is 2. The van der Waals surface area contributed by atoms with Crippen LogP contribution in [0, 0.1) is 31.9 Å². The van der Waals surface area contributed by atoms with Crippen molar-refractivity contribution >= 4 is 80.1 Å². The van der Waals surface area contributed by atoms with Crippen molar-refractivity contribution < 1.29 is 54.2 Å². The number of hydrogen-bond acceptors (Lipinski definition) is 16. The number of carbonyl (C=O) groups excluding carboxylic acids is 2. The molecule has 10 rings (SSSR count). The number of fused-ring (bicyclic) bond motifs is 2. The molecule has 4 fully saturated rings. The summed E-state index contributed by atoms with van der Waals surface area (Å²) in [4.78, 5) is 61.4. The van der Waals surface area contributed by atoms with Crippen LogP contribution in [0.5, 0.6) is 12.0 Å². The van der Waals surface area contributed by atoms with Crippen LogP contribution >= 0.6 is 23.2 Å². The maximum atomic E-state index is 16.5. The van der Waals surface area contributed by atoms with E-state index in [2.05, 4.69) is 59.3 Å². The first-order valence-electron chi connectivity index (χ1n) is 27.5. The van der Waals surface area contributed by atoms with Gasteiger partial charge in [0, 0.05) is 68.2 Å². The maximum absolute atomic E-state index is 16.5. The summed E-state index contributed by atoms with van der Waals surface area (Å²) in [7, 11) is 3.93. The number of nitrogen functional groups attached to an aromatic ring is 2. The van der Waals surface area contributed by atoms with Crippen LogP contribution < -0.4 is 30.7 Å². The SMILES string of the molecule is C=CC(=O)N1CCN(c2nc(OC[C@@H]3CCCN3C)nc3c(F)c(-c4nc(N)cc(C)c4C(F)(F)F)c(Cl)cc23)[C@@H](C)C1.C=CC(=O)N1CCN(c2nc(OC[C@@H]3C[CH+]CN3C)nc3c(F)c(-c4nc(N)cc(C)c4C(F)(F)F)c(Cl)cc23)[C@@H](C)C1. The summed E-state index contributed by atoms with van der Waals surface area (Å²) >= 11 is 13.1. The molecule has 86 heavy (non-hydrogen) atoms. The Bertz CT molecular complexity index is 3400. The van der Waals surface area contributed by atoms with Crippen LogP contribution in [0.15, 0.2) is 49.6 Å². The van der Waals surface area contributed by atoms with E-state index in [1.807, 2.05) is 37.7 Å². The number of alkyl halides is 6. The number of halogens is 10. The van der Waals surface area contributed by atoms with E-state index in [1.54, 1.807) is 9.80 Å². The number of carbonyl (C=O) groups is 2. The number of piperazine rings is 2. The molecule has 0 aliphatic carbocycles. The van der Waals surface area contributed by atoms with Crippen molar-refractivity contribution in [2.75, 3.05) is 101 Å². The fraction of sp³-hybridized carbons (Fsp3) is 0.431. The molecule has 4 N–H and O–H groups in total. The topological polar surface area (TPSA) is 201 Å². The van der Waals surface area contributed by atoms with Crippen molar-refractivity contribution in [2.45, 2.75) is 83.5 Å². The largest absolute Gasteiger partial charge is 0.462 e. The Morgan fingerprint density at radius 1 is 0.663 bits per heavy atom. The van der Waals surface area contributed by atoms with Gasteiger partial charge in [0.25, 0.3) is 0 Å². The first-order valence-corrected chi connectivity index (χ1v) is 28.3. The van der Waals surface area contributed by atoms with Gasteiger partial charge in [-0.15, -0.1) is 0 Å². The number of pyridine rings is 2. The summed E-state index contributed by atoms with van der Waals surface area (Å²) in [5, 5.41) is -0.273. The minimum atomic E-state index is -4.86. The average Bonchev–Trinajstić information content (AvgIpc) is 0.993. The Morgan fingerprint density at radius 2 is 1.09 bits per heavy atom. The smallest absolute Gasteiger partial charge is 0.418 e. The summed E-state index contributed by atoms with van der Waals surface area (Å²) in [5.41, 5.74) is 5.70. The van der Waals surface area contributed by atoms with Gasteiger partial charge < -0.3 is 45.4 Å². The van der Waals surface area contributed by atoms with Gasteiger partial charge in [0.1, 0.15) is 60.5 Å². The molecule has 0 bridgehead atoms. The molecule has 4 aromatic heterocycles. The van der Waals surface area contributed by atoms with Crippen LogP contribution in [0.1, 0.15) is 55.4 Å². The number of benzene rings is 2. The minimum Gasteiger partial charge on any atom is -0.462 e. The lowest BCUT2D eigenvalue weighted by Crippen LogP contribution is -2.53. The number of amides is 2. The summed E-state index contributed by atoms with van der Waals surface area (Å²) in [6.07, 6.45) is -2.44. The van der Waals surface area contributed by atoms with Crippen molar-refractivity contribution in [3.05, 3.63) is 99.9 Å². The molecular formula is C58H63Cl2F8N14O4+. The molecular weight excluding hydrogens is 1180 g/mol. The highest BCUT2D eigenvalue weighted by atomic mass is 35.5. The van der Waals surface area contributed by atoms with Crippen molar-refractivity contribution in [3.8, 4) is 34.5 Å². The van der Waals surface area contributed by atoms with Gasteiger partial charge in [-0.3, -0.25) is 14.5 Å². The quantitative estimate of drug-likeness (QED) is 0.0665. The highest BCUT2D eigenvalue weighted by Crippen LogP contribution is 2.47. The Morgan fingerprint density at radius 3 is 1.45 bits per heavy atom. The third-order valence-electron chi connectivity index (χ3n) is 15.9. The second-order valence-corrected chi connectivity index (χ2v) is 22.6. The maximum Gasteiger partial charge on any atom is 0.418 e. The van der Waals surface area contributed by atoms with Crippen molar-refractivity contribution in [1.82, 2.24) is 49.5 Å². The molecule has 4 saturated heterocycles. The Kier molecular flexibility index (Phi) is 18.3. The highest BCUT2D eigenvalue weighted by molar-refractivity contribution is 6.35. The zero-order valence-corrected chi connectivity index (χ0v) is 49.4. The third-order valence-corrected chi connectivity index (χ3v) is 16.5. The number of aromatic nitrogens is 6. The number of anilines is 4. The number of nitrogens with two attached hydrogens (primary N) is 2. The van der Waals surface area contributed by atoms with E-state index < -0.39 is 57.6 Å². The average molecular weight is 1240 g/mol. The molecule has 2 aromatic carbocycles. The van der Waals surface area contributed by atoms with Crippen LogP contribution in [0.2, 0.25) is 10.0 Å². The number of rotatable bonds is 12. The van der Waals surface area contributed by atoms with Gasteiger partial charge in [-0.1, -0.05) is 36.4 Å². The standard InChI is InChI=1S/C29H32ClF4N7O2.C29H31ClF4N7O2/c2*1-5-21(42)40-9-10-41(16(3)13-40)27-18-12-19(30)22(26-23(29(32,33)34)15(2)11-20(35)36-26)24(31)25(18)37-28(38-27)43-14-17-7-6-8-39(17)4/h5,11-12,16-17H,1,6-10,13-14H2,2-4H3,(H2,35,36);5-6,11-12,16-17H,1,7-10,13-14H2,2-4H3,(H2,35,36)/q;+1/t2*16-,17-/m00/s1. The fourth-order valence-electron chi connectivity index (χ4n) is 11.5. The first kappa shape index (κ1) is 63.0. The normalized spacial score (nSPS) is 19.6. The second kappa shape index (κ2) is 25.0. The van der Waals surface area contributed by atoms with E-state index in [0.717, 1.165) is 44.5 Å². The van der Waals surface area contributed by atoms with Crippen molar-refractivity contribution in [2.24, 2.45) is 0 Å². The summed E-state index contributed by atoms with van der Waals surface area (Å²) in [6.45, 7) is 17.5. The van der Waals surface area contributed by atoms with E-state index in [4.69, 9.17) is 44.1 Å². The molecule has 0 spiro atoms. The lowest BCUT2D eigenvalue weighted by molar-refractivity contribution is -0.138. The van der Waals surface area contributed by atoms with E-state index >= 15 is 8.78 Å². The molecule has 0 saturated carbocycles. The van der Waals surface area contributed by atoms with Crippen LogP contribution in [0.25, 0.3) is 44.3 Å². The van der Waals surface area contributed by atoms with E-state index in [-0.39, 0.29) is 127 Å². The molecule has 18 nitrogen and oxygen atoms in total. The van der Waals surface area contributed by atoms with Crippen LogP contribution in [-0.4, -0.2) is 165 Å². The molecule has 0 radical (unpaired) electrons. The van der Waals surface area contributed by atoms with Gasteiger partial charge in [-0.25, -0.2) is 18.7 Å². The van der Waals surface area contributed by atoms with Crippen molar-refractivity contribution in [1.29, 1.82) is 0 Å². The predicted molar refractivity (Wildman–Crippen MR) is 313 cm³/mol.